The number of aliphatic carboxylic acids is 1. The lowest BCUT2D eigenvalue weighted by Crippen LogP contribution is -2.49. The second-order valence-electron chi connectivity index (χ2n) is 5.97. The third-order valence-corrected chi connectivity index (χ3v) is 4.13. The van der Waals surface area contributed by atoms with Crippen molar-refractivity contribution in [2.24, 2.45) is 5.92 Å². The van der Waals surface area contributed by atoms with E-state index in [1.165, 1.54) is 0 Å². The zero-order valence-corrected chi connectivity index (χ0v) is 11.3. The van der Waals surface area contributed by atoms with Crippen LogP contribution < -0.4 is 0 Å². The zero-order chi connectivity index (χ0) is 14.0. The Morgan fingerprint density at radius 3 is 2.42 bits per heavy atom. The maximum Gasteiger partial charge on any atom is 0.320 e. The molecule has 2 saturated heterocycles. The van der Waals surface area contributed by atoms with E-state index in [1.807, 2.05) is 0 Å². The summed E-state index contributed by atoms with van der Waals surface area (Å²) in [6, 6.07) is -0.0108. The Morgan fingerprint density at radius 2 is 1.84 bits per heavy atom. The Bertz CT molecular complexity index is 360. The Balaban J connectivity index is 1.83. The van der Waals surface area contributed by atoms with E-state index < -0.39 is 11.6 Å². The molecule has 19 heavy (non-hydrogen) atoms. The van der Waals surface area contributed by atoms with Crippen molar-refractivity contribution >= 4 is 12.0 Å². The topological polar surface area (TPSA) is 81.1 Å². The van der Waals surface area contributed by atoms with E-state index in [4.69, 9.17) is 5.11 Å². The van der Waals surface area contributed by atoms with Crippen LogP contribution in [0.5, 0.6) is 0 Å². The number of nitrogens with zero attached hydrogens (tertiary/aromatic N) is 2. The molecule has 0 spiro atoms. The van der Waals surface area contributed by atoms with E-state index in [0.29, 0.717) is 39.0 Å². The lowest BCUT2D eigenvalue weighted by atomic mass is 9.94. The minimum atomic E-state index is -0.798. The average molecular weight is 270 g/mol. The van der Waals surface area contributed by atoms with Gasteiger partial charge in [0, 0.05) is 32.6 Å². The summed E-state index contributed by atoms with van der Waals surface area (Å²) in [6.07, 6.45) is 2.11. The maximum atomic E-state index is 12.3. The molecular weight excluding hydrogens is 248 g/mol. The van der Waals surface area contributed by atoms with Gasteiger partial charge in [-0.3, -0.25) is 4.79 Å². The lowest BCUT2D eigenvalue weighted by Gasteiger charge is -2.37. The number of hydrogen-bond acceptors (Lipinski definition) is 3. The van der Waals surface area contributed by atoms with Crippen molar-refractivity contribution in [3.05, 3.63) is 0 Å². The summed E-state index contributed by atoms with van der Waals surface area (Å²) in [5.74, 6) is -0.720. The van der Waals surface area contributed by atoms with Crippen molar-refractivity contribution in [2.45, 2.75) is 38.2 Å². The molecule has 0 aromatic carbocycles. The molecule has 2 amide bonds. The molecule has 108 valence electrons. The van der Waals surface area contributed by atoms with Gasteiger partial charge in [-0.2, -0.15) is 0 Å². The summed E-state index contributed by atoms with van der Waals surface area (Å²) in [6.45, 7) is 4.13. The fourth-order valence-corrected chi connectivity index (χ4v) is 2.80. The SMILES string of the molecule is CC1(O)CCN(C(=O)N2CCC(CC(=O)O)C2)CC1. The molecule has 0 bridgehead atoms. The fourth-order valence-electron chi connectivity index (χ4n) is 2.80. The van der Waals surface area contributed by atoms with Crippen LogP contribution in [0.3, 0.4) is 0 Å². The number of piperidine rings is 1. The molecule has 0 radical (unpaired) electrons. The smallest absolute Gasteiger partial charge is 0.320 e. The molecule has 1 atom stereocenters. The molecule has 2 rings (SSSR count). The van der Waals surface area contributed by atoms with Crippen molar-refractivity contribution in [3.8, 4) is 0 Å². The number of amides is 2. The third kappa shape index (κ3) is 3.59. The monoisotopic (exact) mass is 270 g/mol. The first-order valence-corrected chi connectivity index (χ1v) is 6.85. The van der Waals surface area contributed by atoms with Crippen molar-refractivity contribution in [2.75, 3.05) is 26.2 Å². The van der Waals surface area contributed by atoms with E-state index in [0.717, 1.165) is 6.42 Å². The van der Waals surface area contributed by atoms with Crippen LogP contribution in [0.1, 0.15) is 32.6 Å². The highest BCUT2D eigenvalue weighted by Gasteiger charge is 2.34. The van der Waals surface area contributed by atoms with Crippen molar-refractivity contribution < 1.29 is 19.8 Å². The van der Waals surface area contributed by atoms with E-state index in [-0.39, 0.29) is 18.4 Å². The molecule has 2 fully saturated rings. The van der Waals surface area contributed by atoms with Crippen LogP contribution in [-0.2, 0) is 4.79 Å². The summed E-state index contributed by atoms with van der Waals surface area (Å²) >= 11 is 0. The van der Waals surface area contributed by atoms with Gasteiger partial charge in [-0.05, 0) is 32.1 Å². The first kappa shape index (κ1) is 14.1. The van der Waals surface area contributed by atoms with Crippen LogP contribution in [0.25, 0.3) is 0 Å². The number of aliphatic hydroxyl groups is 1. The van der Waals surface area contributed by atoms with Crippen molar-refractivity contribution in [1.82, 2.24) is 9.80 Å². The molecule has 6 nitrogen and oxygen atoms in total. The Morgan fingerprint density at radius 1 is 1.21 bits per heavy atom. The maximum absolute atomic E-state index is 12.3. The van der Waals surface area contributed by atoms with Gasteiger partial charge in [-0.25, -0.2) is 4.79 Å². The molecule has 0 aromatic heterocycles. The molecule has 0 aromatic rings. The highest BCUT2D eigenvalue weighted by Crippen LogP contribution is 2.25. The number of carboxylic acids is 1. The van der Waals surface area contributed by atoms with Gasteiger partial charge in [0.1, 0.15) is 0 Å². The summed E-state index contributed by atoms with van der Waals surface area (Å²) in [5, 5.41) is 18.6. The Kier molecular flexibility index (Phi) is 3.99. The molecule has 1 unspecified atom stereocenters. The molecule has 0 aliphatic carbocycles. The van der Waals surface area contributed by atoms with Gasteiger partial charge in [0.15, 0.2) is 0 Å². The first-order valence-electron chi connectivity index (χ1n) is 6.85. The highest BCUT2D eigenvalue weighted by atomic mass is 16.4. The molecule has 2 N–H and O–H groups in total. The average Bonchev–Trinajstić information content (AvgIpc) is 2.75. The van der Waals surface area contributed by atoms with Crippen LogP contribution in [-0.4, -0.2) is 63.8 Å². The normalized spacial score (nSPS) is 26.5. The predicted molar refractivity (Wildman–Crippen MR) is 68.8 cm³/mol. The molecule has 0 saturated carbocycles. The molecule has 2 aliphatic rings. The number of carbonyl (C=O) groups is 2. The Hall–Kier alpha value is -1.30. The largest absolute Gasteiger partial charge is 0.481 e. The molecule has 6 heteroatoms. The van der Waals surface area contributed by atoms with Crippen molar-refractivity contribution in [1.29, 1.82) is 0 Å². The van der Waals surface area contributed by atoms with Crippen LogP contribution in [0.4, 0.5) is 4.79 Å². The Labute approximate surface area is 113 Å². The highest BCUT2D eigenvalue weighted by molar-refractivity contribution is 5.75. The van der Waals surface area contributed by atoms with Crippen LogP contribution in [0.2, 0.25) is 0 Å². The predicted octanol–water partition coefficient (Wildman–Crippen LogP) is 0.750. The van der Waals surface area contributed by atoms with Crippen LogP contribution >= 0.6 is 0 Å². The summed E-state index contributed by atoms with van der Waals surface area (Å²) in [5.41, 5.74) is -0.659. The standard InChI is InChI=1S/C13H22N2O4/c1-13(19)3-6-14(7-4-13)12(18)15-5-2-10(9-15)8-11(16)17/h10,19H,2-9H2,1H3,(H,16,17). The molecular formula is C13H22N2O4. The first-order chi connectivity index (χ1) is 8.87. The number of rotatable bonds is 2. The second kappa shape index (κ2) is 5.36. The summed E-state index contributed by atoms with van der Waals surface area (Å²) in [7, 11) is 0. The van der Waals surface area contributed by atoms with Gasteiger partial charge in [-0.15, -0.1) is 0 Å². The van der Waals surface area contributed by atoms with E-state index in [1.54, 1.807) is 16.7 Å². The van der Waals surface area contributed by atoms with Gasteiger partial charge in [0.25, 0.3) is 0 Å². The van der Waals surface area contributed by atoms with Gasteiger partial charge in [-0.1, -0.05) is 0 Å². The quantitative estimate of drug-likeness (QED) is 0.776. The molecule has 2 aliphatic heterocycles. The number of carbonyl (C=O) groups excluding carboxylic acids is 1. The lowest BCUT2D eigenvalue weighted by molar-refractivity contribution is -0.138. The van der Waals surface area contributed by atoms with Crippen LogP contribution in [0.15, 0.2) is 0 Å². The number of hydrogen-bond donors (Lipinski definition) is 2. The van der Waals surface area contributed by atoms with Gasteiger partial charge < -0.3 is 20.0 Å². The third-order valence-electron chi connectivity index (χ3n) is 4.13. The summed E-state index contributed by atoms with van der Waals surface area (Å²) in [4.78, 5) is 26.4. The van der Waals surface area contributed by atoms with E-state index in [9.17, 15) is 14.7 Å². The molecule has 2 heterocycles. The minimum Gasteiger partial charge on any atom is -0.481 e. The van der Waals surface area contributed by atoms with Crippen LogP contribution in [0, 0.1) is 5.92 Å². The fraction of sp³-hybridized carbons (Fsp3) is 0.846. The van der Waals surface area contributed by atoms with E-state index >= 15 is 0 Å². The van der Waals surface area contributed by atoms with Gasteiger partial charge >= 0.3 is 12.0 Å². The van der Waals surface area contributed by atoms with E-state index in [2.05, 4.69) is 0 Å². The second-order valence-corrected chi connectivity index (χ2v) is 5.97. The minimum absolute atomic E-state index is 0.0108. The number of carboxylic acid groups (broad SMARTS) is 1. The van der Waals surface area contributed by atoms with Crippen molar-refractivity contribution in [3.63, 3.8) is 0 Å². The summed E-state index contributed by atoms with van der Waals surface area (Å²) < 4.78 is 0. The number of likely N-dealkylation sites (tertiary alicyclic amines) is 2. The number of urea groups is 1. The zero-order valence-electron chi connectivity index (χ0n) is 11.3. The van der Waals surface area contributed by atoms with Gasteiger partial charge in [0.05, 0.1) is 5.60 Å². The van der Waals surface area contributed by atoms with Gasteiger partial charge in [0.2, 0.25) is 0 Å².